The number of halogens is 1. The highest BCUT2D eigenvalue weighted by Crippen LogP contribution is 2.28. The number of aromatic nitrogens is 3. The first-order valence-electron chi connectivity index (χ1n) is 9.18. The average Bonchev–Trinajstić information content (AvgIpc) is 2.69. The predicted molar refractivity (Wildman–Crippen MR) is 108 cm³/mol. The van der Waals surface area contributed by atoms with Gasteiger partial charge in [0.15, 0.2) is 0 Å². The molecule has 1 aliphatic carbocycles. The quantitative estimate of drug-likeness (QED) is 0.682. The number of anilines is 1. The first-order valence-corrected chi connectivity index (χ1v) is 9.56. The molecular weight excluding hydrogens is 378 g/mol. The molecule has 144 valence electrons. The van der Waals surface area contributed by atoms with Crippen molar-refractivity contribution in [3.63, 3.8) is 0 Å². The Balaban J connectivity index is 1.40. The van der Waals surface area contributed by atoms with E-state index in [1.807, 2.05) is 18.2 Å². The fourth-order valence-electron chi connectivity index (χ4n) is 3.49. The zero-order valence-corrected chi connectivity index (χ0v) is 15.9. The van der Waals surface area contributed by atoms with Crippen molar-refractivity contribution in [2.75, 3.05) is 5.32 Å². The van der Waals surface area contributed by atoms with Crippen LogP contribution in [-0.2, 0) is 0 Å². The van der Waals surface area contributed by atoms with Crippen LogP contribution in [0.3, 0.4) is 0 Å². The van der Waals surface area contributed by atoms with Gasteiger partial charge in [0.25, 0.3) is 5.91 Å². The zero-order chi connectivity index (χ0) is 19.5. The van der Waals surface area contributed by atoms with Crippen LogP contribution >= 0.6 is 11.6 Å². The van der Waals surface area contributed by atoms with E-state index < -0.39 is 5.91 Å². The molecule has 28 heavy (non-hydrogen) atoms. The van der Waals surface area contributed by atoms with Crippen molar-refractivity contribution in [3.05, 3.63) is 53.4 Å². The molecule has 3 N–H and O–H groups in total. The highest BCUT2D eigenvalue weighted by Gasteiger charge is 2.24. The van der Waals surface area contributed by atoms with Crippen LogP contribution in [0.4, 0.5) is 5.82 Å². The minimum absolute atomic E-state index is 0.00648. The molecule has 1 aromatic carbocycles. The SMILES string of the molecule is NC(=O)c1cccnc1O[C@H]1CC[C@H](Nc2ncnc3cc(Cl)ccc23)CC1. The largest absolute Gasteiger partial charge is 0.474 e. The van der Waals surface area contributed by atoms with Gasteiger partial charge in [-0.15, -0.1) is 0 Å². The molecule has 7 nitrogen and oxygen atoms in total. The number of hydrogen-bond donors (Lipinski definition) is 2. The van der Waals surface area contributed by atoms with Crippen LogP contribution in [0, 0.1) is 0 Å². The summed E-state index contributed by atoms with van der Waals surface area (Å²) in [5.41, 5.74) is 6.52. The zero-order valence-electron chi connectivity index (χ0n) is 15.1. The molecule has 0 atom stereocenters. The summed E-state index contributed by atoms with van der Waals surface area (Å²) < 4.78 is 5.95. The minimum atomic E-state index is -0.533. The van der Waals surface area contributed by atoms with Crippen LogP contribution < -0.4 is 15.8 Å². The number of hydrogen-bond acceptors (Lipinski definition) is 6. The lowest BCUT2D eigenvalue weighted by Crippen LogP contribution is -2.32. The van der Waals surface area contributed by atoms with E-state index in [9.17, 15) is 4.79 Å². The number of carbonyl (C=O) groups excluding carboxylic acids is 1. The van der Waals surface area contributed by atoms with Crippen molar-refractivity contribution in [3.8, 4) is 5.88 Å². The fraction of sp³-hybridized carbons (Fsp3) is 0.300. The number of ether oxygens (including phenoxy) is 1. The number of benzene rings is 1. The molecule has 0 radical (unpaired) electrons. The summed E-state index contributed by atoms with van der Waals surface area (Å²) in [5.74, 6) is 0.589. The third-order valence-corrected chi connectivity index (χ3v) is 5.16. The van der Waals surface area contributed by atoms with Gasteiger partial charge >= 0.3 is 0 Å². The molecule has 0 spiro atoms. The van der Waals surface area contributed by atoms with Gasteiger partial charge in [0, 0.05) is 22.6 Å². The van der Waals surface area contributed by atoms with Gasteiger partial charge < -0.3 is 15.8 Å². The average molecular weight is 398 g/mol. The molecule has 3 aromatic rings. The number of pyridine rings is 1. The number of primary amides is 1. The molecule has 1 amide bonds. The lowest BCUT2D eigenvalue weighted by Gasteiger charge is -2.30. The Bertz CT molecular complexity index is 1000. The van der Waals surface area contributed by atoms with Crippen molar-refractivity contribution in [2.45, 2.75) is 37.8 Å². The number of fused-ring (bicyclic) bond motifs is 1. The Hall–Kier alpha value is -2.93. The number of amides is 1. The minimum Gasteiger partial charge on any atom is -0.474 e. The van der Waals surface area contributed by atoms with Gasteiger partial charge in [-0.05, 0) is 56.0 Å². The summed E-state index contributed by atoms with van der Waals surface area (Å²) in [5, 5.41) is 5.12. The van der Waals surface area contributed by atoms with Crippen molar-refractivity contribution < 1.29 is 9.53 Å². The standard InChI is InChI=1S/C20H20ClN5O2/c21-12-3-8-15-17(10-12)24-11-25-19(15)26-13-4-6-14(7-5-13)28-20-16(18(22)27)2-1-9-23-20/h1-3,8-11,13-14H,4-7H2,(H2,22,27)(H,24,25,26)/t13-,14-. The molecule has 0 unspecified atom stereocenters. The number of nitrogens with two attached hydrogens (primary N) is 1. The molecular formula is C20H20ClN5O2. The summed E-state index contributed by atoms with van der Waals surface area (Å²) in [7, 11) is 0. The Labute approximate surface area is 167 Å². The van der Waals surface area contributed by atoms with Gasteiger partial charge in [0.2, 0.25) is 5.88 Å². The number of rotatable bonds is 5. The Morgan fingerprint density at radius 3 is 2.75 bits per heavy atom. The van der Waals surface area contributed by atoms with Crippen LogP contribution in [0.15, 0.2) is 42.9 Å². The maximum atomic E-state index is 11.5. The molecule has 0 bridgehead atoms. The molecule has 2 heterocycles. The second kappa shape index (κ2) is 7.98. The summed E-state index contributed by atoms with van der Waals surface area (Å²) in [6.07, 6.45) is 6.68. The van der Waals surface area contributed by atoms with E-state index >= 15 is 0 Å². The first-order chi connectivity index (χ1) is 13.6. The van der Waals surface area contributed by atoms with E-state index in [-0.39, 0.29) is 12.1 Å². The van der Waals surface area contributed by atoms with Crippen molar-refractivity contribution in [2.24, 2.45) is 5.73 Å². The van der Waals surface area contributed by atoms with E-state index in [4.69, 9.17) is 22.1 Å². The van der Waals surface area contributed by atoms with Gasteiger partial charge in [0.05, 0.1) is 5.52 Å². The second-order valence-corrected chi connectivity index (χ2v) is 7.28. The first kappa shape index (κ1) is 18.4. The van der Waals surface area contributed by atoms with Gasteiger partial charge in [-0.1, -0.05) is 11.6 Å². The lowest BCUT2D eigenvalue weighted by molar-refractivity contribution is 0.0983. The van der Waals surface area contributed by atoms with Crippen LogP contribution in [0.2, 0.25) is 5.02 Å². The lowest BCUT2D eigenvalue weighted by atomic mass is 9.93. The molecule has 1 aliphatic rings. The van der Waals surface area contributed by atoms with Crippen molar-refractivity contribution >= 4 is 34.2 Å². The maximum Gasteiger partial charge on any atom is 0.254 e. The number of nitrogens with zero attached hydrogens (tertiary/aromatic N) is 3. The summed E-state index contributed by atoms with van der Waals surface area (Å²) >= 11 is 6.05. The van der Waals surface area contributed by atoms with Crippen LogP contribution in [0.25, 0.3) is 10.9 Å². The van der Waals surface area contributed by atoms with Gasteiger partial charge in [-0.3, -0.25) is 4.79 Å². The summed E-state index contributed by atoms with van der Waals surface area (Å²) in [6.45, 7) is 0. The van der Waals surface area contributed by atoms with Crippen LogP contribution in [0.5, 0.6) is 5.88 Å². The van der Waals surface area contributed by atoms with Gasteiger partial charge in [-0.25, -0.2) is 15.0 Å². The van der Waals surface area contributed by atoms with Crippen molar-refractivity contribution in [1.29, 1.82) is 0 Å². The normalized spacial score (nSPS) is 19.3. The smallest absolute Gasteiger partial charge is 0.254 e. The molecule has 1 saturated carbocycles. The Morgan fingerprint density at radius 2 is 1.96 bits per heavy atom. The highest BCUT2D eigenvalue weighted by atomic mass is 35.5. The predicted octanol–water partition coefficient (Wildman–Crippen LogP) is 3.58. The van der Waals surface area contributed by atoms with Gasteiger partial charge in [0.1, 0.15) is 23.8 Å². The van der Waals surface area contributed by atoms with E-state index in [0.29, 0.717) is 16.5 Å². The summed E-state index contributed by atoms with van der Waals surface area (Å²) in [6, 6.07) is 9.19. The molecule has 1 fully saturated rings. The number of nitrogens with one attached hydrogen (secondary N) is 1. The topological polar surface area (TPSA) is 103 Å². The van der Waals surface area contributed by atoms with Gasteiger partial charge in [-0.2, -0.15) is 0 Å². The van der Waals surface area contributed by atoms with E-state index in [0.717, 1.165) is 42.4 Å². The highest BCUT2D eigenvalue weighted by molar-refractivity contribution is 6.31. The Kier molecular flexibility index (Phi) is 5.25. The third-order valence-electron chi connectivity index (χ3n) is 4.93. The third kappa shape index (κ3) is 3.99. The molecule has 2 aromatic heterocycles. The molecule has 4 rings (SSSR count). The number of carbonyl (C=O) groups is 1. The second-order valence-electron chi connectivity index (χ2n) is 6.84. The van der Waals surface area contributed by atoms with E-state index in [1.165, 1.54) is 0 Å². The summed E-state index contributed by atoms with van der Waals surface area (Å²) in [4.78, 5) is 24.3. The monoisotopic (exact) mass is 397 g/mol. The molecule has 8 heteroatoms. The van der Waals surface area contributed by atoms with Crippen LogP contribution in [-0.4, -0.2) is 33.0 Å². The van der Waals surface area contributed by atoms with Crippen LogP contribution in [0.1, 0.15) is 36.0 Å². The van der Waals surface area contributed by atoms with E-state index in [2.05, 4.69) is 20.3 Å². The maximum absolute atomic E-state index is 11.5. The van der Waals surface area contributed by atoms with E-state index in [1.54, 1.807) is 24.7 Å². The molecule has 0 aliphatic heterocycles. The Morgan fingerprint density at radius 1 is 1.14 bits per heavy atom. The molecule has 0 saturated heterocycles. The fourth-order valence-corrected chi connectivity index (χ4v) is 3.66. The van der Waals surface area contributed by atoms with Crippen molar-refractivity contribution in [1.82, 2.24) is 15.0 Å².